The fourth-order valence-electron chi connectivity index (χ4n) is 3.02. The molecule has 1 aromatic heterocycles. The molecule has 0 spiro atoms. The molecule has 1 aromatic carbocycles. The molecule has 1 saturated heterocycles. The lowest BCUT2D eigenvalue weighted by Crippen LogP contribution is -2.41. The van der Waals surface area contributed by atoms with E-state index in [-0.39, 0.29) is 12.0 Å². The minimum absolute atomic E-state index is 0.126. The van der Waals surface area contributed by atoms with Gasteiger partial charge in [0.2, 0.25) is 11.8 Å². The molecule has 24 heavy (non-hydrogen) atoms. The molecule has 0 radical (unpaired) electrons. The second kappa shape index (κ2) is 7.90. The van der Waals surface area contributed by atoms with E-state index in [9.17, 15) is 4.79 Å². The monoisotopic (exact) mass is 325 g/mol. The van der Waals surface area contributed by atoms with Crippen molar-refractivity contribution in [2.24, 2.45) is 0 Å². The number of carbonyl (C=O) groups excluding carboxylic acids is 1. The summed E-state index contributed by atoms with van der Waals surface area (Å²) in [6.07, 6.45) is 6.35. The lowest BCUT2D eigenvalue weighted by Gasteiger charge is -2.32. The van der Waals surface area contributed by atoms with Crippen molar-refractivity contribution in [1.82, 2.24) is 14.9 Å². The van der Waals surface area contributed by atoms with Crippen LogP contribution in [0.2, 0.25) is 0 Å². The van der Waals surface area contributed by atoms with E-state index in [0.717, 1.165) is 32.4 Å². The molecular formula is C19H23N3O2. The van der Waals surface area contributed by atoms with Crippen LogP contribution in [0.4, 0.5) is 0 Å². The molecule has 0 atom stereocenters. The van der Waals surface area contributed by atoms with Crippen molar-refractivity contribution >= 4 is 5.91 Å². The number of hydrogen-bond donors (Lipinski definition) is 0. The fraction of sp³-hybridized carbons (Fsp3) is 0.421. The molecule has 0 bridgehead atoms. The molecule has 0 saturated carbocycles. The Bertz CT molecular complexity index is 667. The predicted octanol–water partition coefficient (Wildman–Crippen LogP) is 2.79. The van der Waals surface area contributed by atoms with Crippen LogP contribution in [0, 0.1) is 6.92 Å². The van der Waals surface area contributed by atoms with Crippen molar-refractivity contribution < 1.29 is 9.53 Å². The van der Waals surface area contributed by atoms with Gasteiger partial charge in [0.25, 0.3) is 0 Å². The summed E-state index contributed by atoms with van der Waals surface area (Å²) < 4.78 is 5.84. The molecule has 0 N–H and O–H groups in total. The fourth-order valence-corrected chi connectivity index (χ4v) is 3.02. The molecule has 1 aliphatic heterocycles. The Labute approximate surface area is 142 Å². The molecular weight excluding hydrogens is 302 g/mol. The number of amides is 1. The summed E-state index contributed by atoms with van der Waals surface area (Å²) in [7, 11) is 0. The van der Waals surface area contributed by atoms with Gasteiger partial charge in [-0.3, -0.25) is 4.79 Å². The minimum Gasteiger partial charge on any atom is -0.474 e. The maximum Gasteiger partial charge on any atom is 0.222 e. The summed E-state index contributed by atoms with van der Waals surface area (Å²) in [6, 6.07) is 10.1. The highest BCUT2D eigenvalue weighted by Crippen LogP contribution is 2.17. The van der Waals surface area contributed by atoms with Gasteiger partial charge in [0.15, 0.2) is 0 Å². The summed E-state index contributed by atoms with van der Waals surface area (Å²) in [5.41, 5.74) is 2.47. The van der Waals surface area contributed by atoms with Crippen molar-refractivity contribution in [1.29, 1.82) is 0 Å². The van der Waals surface area contributed by atoms with E-state index in [2.05, 4.69) is 35.1 Å². The number of hydrogen-bond acceptors (Lipinski definition) is 4. The Morgan fingerprint density at radius 3 is 2.83 bits per heavy atom. The third-order valence-electron chi connectivity index (χ3n) is 4.35. The van der Waals surface area contributed by atoms with Gasteiger partial charge in [0.05, 0.1) is 0 Å². The Hall–Kier alpha value is -2.43. The maximum absolute atomic E-state index is 12.4. The Kier molecular flexibility index (Phi) is 5.41. The van der Waals surface area contributed by atoms with Crippen LogP contribution in [-0.2, 0) is 11.2 Å². The van der Waals surface area contributed by atoms with Crippen LogP contribution >= 0.6 is 0 Å². The van der Waals surface area contributed by atoms with E-state index in [1.165, 1.54) is 17.5 Å². The van der Waals surface area contributed by atoms with Crippen LogP contribution in [0.1, 0.15) is 30.4 Å². The van der Waals surface area contributed by atoms with Crippen LogP contribution < -0.4 is 4.74 Å². The number of carbonyl (C=O) groups is 1. The summed E-state index contributed by atoms with van der Waals surface area (Å²) >= 11 is 0. The van der Waals surface area contributed by atoms with E-state index in [0.29, 0.717) is 12.3 Å². The van der Waals surface area contributed by atoms with Gasteiger partial charge in [-0.1, -0.05) is 29.8 Å². The molecule has 2 heterocycles. The van der Waals surface area contributed by atoms with E-state index >= 15 is 0 Å². The predicted molar refractivity (Wildman–Crippen MR) is 91.8 cm³/mol. The Morgan fingerprint density at radius 2 is 2.12 bits per heavy atom. The van der Waals surface area contributed by atoms with Crippen molar-refractivity contribution in [2.75, 3.05) is 13.1 Å². The van der Waals surface area contributed by atoms with Crippen LogP contribution in [0.25, 0.3) is 0 Å². The van der Waals surface area contributed by atoms with Crippen LogP contribution in [0.3, 0.4) is 0 Å². The van der Waals surface area contributed by atoms with E-state index in [1.807, 2.05) is 11.0 Å². The first-order chi connectivity index (χ1) is 11.7. The zero-order valence-corrected chi connectivity index (χ0v) is 14.0. The highest BCUT2D eigenvalue weighted by Gasteiger charge is 2.23. The normalized spacial score (nSPS) is 15.3. The first-order valence-electron chi connectivity index (χ1n) is 8.47. The first kappa shape index (κ1) is 16.4. The Balaban J connectivity index is 1.43. The zero-order valence-electron chi connectivity index (χ0n) is 14.0. The number of aromatic nitrogens is 2. The van der Waals surface area contributed by atoms with E-state index in [4.69, 9.17) is 4.74 Å². The molecule has 1 amide bonds. The molecule has 1 fully saturated rings. The third kappa shape index (κ3) is 4.54. The molecule has 3 rings (SSSR count). The molecule has 126 valence electrons. The topological polar surface area (TPSA) is 55.3 Å². The van der Waals surface area contributed by atoms with Crippen LogP contribution in [-0.4, -0.2) is 40.0 Å². The quantitative estimate of drug-likeness (QED) is 0.848. The van der Waals surface area contributed by atoms with Gasteiger partial charge in [-0.15, -0.1) is 0 Å². The van der Waals surface area contributed by atoms with E-state index < -0.39 is 0 Å². The van der Waals surface area contributed by atoms with Gasteiger partial charge in [0.1, 0.15) is 12.4 Å². The number of aryl methyl sites for hydroxylation is 2. The molecule has 0 aliphatic carbocycles. The standard InChI is InChI=1S/C19H23N3O2/c1-15-3-2-4-16(13-15)5-6-19(23)22-11-8-17(9-12-22)24-18-7-10-20-14-21-18/h2-4,7,10,13-14,17H,5-6,8-9,11-12H2,1H3. The largest absolute Gasteiger partial charge is 0.474 e. The smallest absolute Gasteiger partial charge is 0.222 e. The third-order valence-corrected chi connectivity index (χ3v) is 4.35. The number of ether oxygens (including phenoxy) is 1. The lowest BCUT2D eigenvalue weighted by molar-refractivity contribution is -0.132. The highest BCUT2D eigenvalue weighted by atomic mass is 16.5. The highest BCUT2D eigenvalue weighted by molar-refractivity contribution is 5.76. The lowest BCUT2D eigenvalue weighted by atomic mass is 10.0. The van der Waals surface area contributed by atoms with Crippen molar-refractivity contribution in [2.45, 2.75) is 38.7 Å². The summed E-state index contributed by atoms with van der Waals surface area (Å²) in [6.45, 7) is 3.58. The van der Waals surface area contributed by atoms with Gasteiger partial charge in [0, 0.05) is 44.6 Å². The summed E-state index contributed by atoms with van der Waals surface area (Å²) in [5.74, 6) is 0.839. The van der Waals surface area contributed by atoms with Gasteiger partial charge >= 0.3 is 0 Å². The maximum atomic E-state index is 12.4. The molecule has 1 aliphatic rings. The molecule has 2 aromatic rings. The van der Waals surface area contributed by atoms with Crippen LogP contribution in [0.15, 0.2) is 42.9 Å². The number of likely N-dealkylation sites (tertiary alicyclic amines) is 1. The minimum atomic E-state index is 0.126. The van der Waals surface area contributed by atoms with Crippen molar-refractivity contribution in [3.8, 4) is 5.88 Å². The van der Waals surface area contributed by atoms with Crippen LogP contribution in [0.5, 0.6) is 5.88 Å². The van der Waals surface area contributed by atoms with Gasteiger partial charge in [-0.05, 0) is 18.9 Å². The second-order valence-electron chi connectivity index (χ2n) is 6.23. The number of benzene rings is 1. The van der Waals surface area contributed by atoms with Gasteiger partial charge < -0.3 is 9.64 Å². The number of nitrogens with zero attached hydrogens (tertiary/aromatic N) is 3. The zero-order chi connectivity index (χ0) is 16.8. The Morgan fingerprint density at radius 1 is 1.29 bits per heavy atom. The SMILES string of the molecule is Cc1cccc(CCC(=O)N2CCC(Oc3ccncn3)CC2)c1. The average Bonchev–Trinajstić information content (AvgIpc) is 2.61. The van der Waals surface area contributed by atoms with E-state index in [1.54, 1.807) is 12.3 Å². The number of rotatable bonds is 5. The average molecular weight is 325 g/mol. The molecule has 5 heteroatoms. The summed E-state index contributed by atoms with van der Waals surface area (Å²) in [4.78, 5) is 22.3. The molecule has 5 nitrogen and oxygen atoms in total. The summed E-state index contributed by atoms with van der Waals surface area (Å²) in [5, 5.41) is 0. The molecule has 0 unspecified atom stereocenters. The first-order valence-corrected chi connectivity index (χ1v) is 8.47. The van der Waals surface area contributed by atoms with Gasteiger partial charge in [-0.25, -0.2) is 9.97 Å². The number of piperidine rings is 1. The second-order valence-corrected chi connectivity index (χ2v) is 6.23. The van der Waals surface area contributed by atoms with Crippen molar-refractivity contribution in [3.63, 3.8) is 0 Å². The van der Waals surface area contributed by atoms with Gasteiger partial charge in [-0.2, -0.15) is 0 Å². The van der Waals surface area contributed by atoms with Crippen molar-refractivity contribution in [3.05, 3.63) is 54.0 Å².